The summed E-state index contributed by atoms with van der Waals surface area (Å²) in [6, 6.07) is 0. The fourth-order valence-corrected chi connectivity index (χ4v) is 3.12. The molecule has 4 atom stereocenters. The van der Waals surface area contributed by atoms with Crippen molar-refractivity contribution in [2.75, 3.05) is 0 Å². The molecule has 0 spiro atoms. The molecule has 0 aromatic heterocycles. The first-order chi connectivity index (χ1) is 10.2. The van der Waals surface area contributed by atoms with Gasteiger partial charge in [0.15, 0.2) is 0 Å². The predicted molar refractivity (Wildman–Crippen MR) is 69.9 cm³/mol. The Morgan fingerprint density at radius 3 is 1.82 bits per heavy atom. The van der Waals surface area contributed by atoms with Gasteiger partial charge in [-0.25, -0.2) is 0 Å². The Morgan fingerprint density at radius 2 is 1.36 bits per heavy atom. The van der Waals surface area contributed by atoms with Crippen molar-refractivity contribution in [3.05, 3.63) is 23.3 Å². The van der Waals surface area contributed by atoms with Crippen LogP contribution in [0, 0.1) is 23.7 Å². The van der Waals surface area contributed by atoms with E-state index < -0.39 is 47.5 Å². The van der Waals surface area contributed by atoms with Crippen LogP contribution in [-0.2, 0) is 19.2 Å². The van der Waals surface area contributed by atoms with E-state index >= 15 is 0 Å². The molecule has 2 aliphatic carbocycles. The van der Waals surface area contributed by atoms with Crippen LogP contribution in [-0.4, -0.2) is 44.3 Å². The molecule has 0 aromatic rings. The van der Waals surface area contributed by atoms with Crippen molar-refractivity contribution >= 4 is 23.9 Å². The van der Waals surface area contributed by atoms with Gasteiger partial charge in [-0.1, -0.05) is 17.7 Å². The lowest BCUT2D eigenvalue weighted by Gasteiger charge is -2.35. The largest absolute Gasteiger partial charge is 0.481 e. The van der Waals surface area contributed by atoms with Crippen LogP contribution in [0.15, 0.2) is 23.3 Å². The van der Waals surface area contributed by atoms with Crippen molar-refractivity contribution in [1.82, 2.24) is 0 Å². The number of hydrogen-bond donors (Lipinski definition) is 4. The van der Waals surface area contributed by atoms with Crippen LogP contribution in [0.25, 0.3) is 0 Å². The van der Waals surface area contributed by atoms with Crippen LogP contribution in [0.4, 0.5) is 0 Å². The highest BCUT2D eigenvalue weighted by Gasteiger charge is 2.46. The highest BCUT2D eigenvalue weighted by atomic mass is 16.4. The number of hydrogen-bond acceptors (Lipinski definition) is 4. The van der Waals surface area contributed by atoms with Crippen LogP contribution in [0.2, 0.25) is 0 Å². The van der Waals surface area contributed by atoms with Crippen molar-refractivity contribution in [3.8, 4) is 0 Å². The molecule has 118 valence electrons. The zero-order valence-corrected chi connectivity index (χ0v) is 11.3. The van der Waals surface area contributed by atoms with E-state index in [4.69, 9.17) is 10.2 Å². The Labute approximate surface area is 124 Å². The third kappa shape index (κ3) is 2.59. The average molecular weight is 310 g/mol. The lowest BCUT2D eigenvalue weighted by atomic mass is 9.67. The summed E-state index contributed by atoms with van der Waals surface area (Å²) in [6.45, 7) is 0. The lowest BCUT2D eigenvalue weighted by Crippen LogP contribution is -2.39. The van der Waals surface area contributed by atoms with E-state index in [0.29, 0.717) is 5.57 Å². The van der Waals surface area contributed by atoms with E-state index in [1.54, 1.807) is 0 Å². The molecule has 22 heavy (non-hydrogen) atoms. The molecule has 4 N–H and O–H groups in total. The normalized spacial score (nSPS) is 30.5. The standard InChI is InChI=1S/C14H14O8/c15-11(16)6-2-1-5-3-8(12(17)18)9(13(19)20)4-7(5)10(6)14(21)22/h1-2,6,8-10H,3-4H2,(H,15,16)(H,17,18)(H,19,20)(H,21,22). The van der Waals surface area contributed by atoms with Crippen LogP contribution in [0.3, 0.4) is 0 Å². The van der Waals surface area contributed by atoms with Gasteiger partial charge in [0.2, 0.25) is 0 Å². The average Bonchev–Trinajstić information content (AvgIpc) is 2.43. The summed E-state index contributed by atoms with van der Waals surface area (Å²) in [5, 5.41) is 36.7. The molecule has 0 bridgehead atoms. The Bertz CT molecular complexity index is 614. The number of carboxylic acids is 4. The summed E-state index contributed by atoms with van der Waals surface area (Å²) in [7, 11) is 0. The number of carboxylic acid groups (broad SMARTS) is 4. The molecule has 8 heteroatoms. The Morgan fingerprint density at radius 1 is 0.818 bits per heavy atom. The monoisotopic (exact) mass is 310 g/mol. The molecule has 0 radical (unpaired) electrons. The maximum Gasteiger partial charge on any atom is 0.311 e. The summed E-state index contributed by atoms with van der Waals surface area (Å²) >= 11 is 0. The molecular formula is C14H14O8. The minimum Gasteiger partial charge on any atom is -0.481 e. The zero-order valence-electron chi connectivity index (χ0n) is 11.3. The van der Waals surface area contributed by atoms with Gasteiger partial charge >= 0.3 is 23.9 Å². The third-order valence-corrected chi connectivity index (χ3v) is 4.20. The molecule has 2 rings (SSSR count). The van der Waals surface area contributed by atoms with Gasteiger partial charge in [0.1, 0.15) is 0 Å². The molecule has 0 heterocycles. The second-order valence-corrected chi connectivity index (χ2v) is 5.39. The molecule has 0 fully saturated rings. The second-order valence-electron chi connectivity index (χ2n) is 5.39. The molecule has 0 saturated heterocycles. The van der Waals surface area contributed by atoms with Crippen LogP contribution < -0.4 is 0 Å². The molecule has 2 aliphatic rings. The number of aliphatic carboxylic acids is 4. The van der Waals surface area contributed by atoms with Crippen molar-refractivity contribution in [2.45, 2.75) is 12.8 Å². The number of allylic oxidation sites excluding steroid dienone is 2. The van der Waals surface area contributed by atoms with Gasteiger partial charge in [-0.2, -0.15) is 0 Å². The van der Waals surface area contributed by atoms with E-state index in [0.717, 1.165) is 0 Å². The van der Waals surface area contributed by atoms with E-state index in [2.05, 4.69) is 0 Å². The van der Waals surface area contributed by atoms with Crippen molar-refractivity contribution in [3.63, 3.8) is 0 Å². The van der Waals surface area contributed by atoms with E-state index in [9.17, 15) is 29.4 Å². The van der Waals surface area contributed by atoms with Gasteiger partial charge in [0, 0.05) is 0 Å². The molecule has 4 unspecified atom stereocenters. The SMILES string of the molecule is O=C(O)C1C=CC2=C(CC(C(=O)O)C(C(=O)O)C2)C1C(=O)O. The number of rotatable bonds is 4. The first-order valence-corrected chi connectivity index (χ1v) is 6.55. The molecule has 8 nitrogen and oxygen atoms in total. The number of carbonyl (C=O) groups is 4. The summed E-state index contributed by atoms with van der Waals surface area (Å²) < 4.78 is 0. The quantitative estimate of drug-likeness (QED) is 0.584. The fraction of sp³-hybridized carbons (Fsp3) is 0.429. The molecule has 0 saturated carbocycles. The van der Waals surface area contributed by atoms with Gasteiger partial charge in [-0.15, -0.1) is 0 Å². The Hall–Kier alpha value is -2.64. The summed E-state index contributed by atoms with van der Waals surface area (Å²) in [5.74, 6) is -10.3. The molecule has 0 amide bonds. The van der Waals surface area contributed by atoms with E-state index in [1.165, 1.54) is 12.2 Å². The molecular weight excluding hydrogens is 296 g/mol. The highest BCUT2D eigenvalue weighted by Crippen LogP contribution is 2.43. The van der Waals surface area contributed by atoms with Crippen molar-refractivity contribution < 1.29 is 39.6 Å². The highest BCUT2D eigenvalue weighted by molar-refractivity contribution is 5.87. The summed E-state index contributed by atoms with van der Waals surface area (Å²) in [4.78, 5) is 45.1. The van der Waals surface area contributed by atoms with Gasteiger partial charge in [0.25, 0.3) is 0 Å². The first kappa shape index (κ1) is 15.7. The van der Waals surface area contributed by atoms with Crippen LogP contribution in [0.5, 0.6) is 0 Å². The molecule has 0 aliphatic heterocycles. The van der Waals surface area contributed by atoms with Crippen LogP contribution >= 0.6 is 0 Å². The minimum absolute atomic E-state index is 0.117. The topological polar surface area (TPSA) is 149 Å². The van der Waals surface area contributed by atoms with E-state index in [1.807, 2.05) is 0 Å². The molecule has 0 aromatic carbocycles. The first-order valence-electron chi connectivity index (χ1n) is 6.55. The van der Waals surface area contributed by atoms with Gasteiger partial charge < -0.3 is 20.4 Å². The maximum atomic E-state index is 11.4. The predicted octanol–water partition coefficient (Wildman–Crippen LogP) is 0.450. The minimum atomic E-state index is -1.37. The zero-order chi connectivity index (χ0) is 16.6. The lowest BCUT2D eigenvalue weighted by molar-refractivity contribution is -0.155. The van der Waals surface area contributed by atoms with Gasteiger partial charge in [-0.05, 0) is 18.4 Å². The Kier molecular flexibility index (Phi) is 4.03. The summed E-state index contributed by atoms with van der Waals surface area (Å²) in [5.41, 5.74) is 0.613. The van der Waals surface area contributed by atoms with Crippen molar-refractivity contribution in [2.24, 2.45) is 23.7 Å². The fourth-order valence-electron chi connectivity index (χ4n) is 3.12. The van der Waals surface area contributed by atoms with Gasteiger partial charge in [-0.3, -0.25) is 19.2 Å². The Balaban J connectivity index is 2.47. The maximum absolute atomic E-state index is 11.4. The summed E-state index contributed by atoms with van der Waals surface area (Å²) in [6.07, 6.45) is 2.24. The van der Waals surface area contributed by atoms with Crippen molar-refractivity contribution in [1.29, 1.82) is 0 Å². The smallest absolute Gasteiger partial charge is 0.311 e. The van der Waals surface area contributed by atoms with E-state index in [-0.39, 0.29) is 18.4 Å². The third-order valence-electron chi connectivity index (χ3n) is 4.20. The van der Waals surface area contributed by atoms with Gasteiger partial charge in [0.05, 0.1) is 23.7 Å². The second kappa shape index (κ2) is 5.63. The van der Waals surface area contributed by atoms with Crippen LogP contribution in [0.1, 0.15) is 12.8 Å².